The number of para-hydroxylation sites is 2. The summed E-state index contributed by atoms with van der Waals surface area (Å²) in [5.41, 5.74) is 6.72. The first-order chi connectivity index (χ1) is 31.7. The Hall–Kier alpha value is -8.46. The number of anilines is 6. The van der Waals surface area contributed by atoms with E-state index in [4.69, 9.17) is 0 Å². The highest BCUT2D eigenvalue weighted by molar-refractivity contribution is 6.24. The van der Waals surface area contributed by atoms with Gasteiger partial charge in [0, 0.05) is 44.3 Å². The summed E-state index contributed by atoms with van der Waals surface area (Å²) in [7, 11) is 0. The van der Waals surface area contributed by atoms with Crippen molar-refractivity contribution in [3.05, 3.63) is 243 Å². The van der Waals surface area contributed by atoms with Gasteiger partial charge in [-0.2, -0.15) is 0 Å². The second-order valence-electron chi connectivity index (χ2n) is 17.0. The van der Waals surface area contributed by atoms with Crippen LogP contribution in [0.2, 0.25) is 0 Å². The van der Waals surface area contributed by atoms with Crippen LogP contribution in [0.3, 0.4) is 0 Å². The normalized spacial score (nSPS) is 11.8. The van der Waals surface area contributed by atoms with E-state index in [0.29, 0.717) is 0 Å². The zero-order valence-electron chi connectivity index (χ0n) is 35.0. The van der Waals surface area contributed by atoms with Crippen LogP contribution in [-0.2, 0) is 0 Å². The average molecular weight is 813 g/mol. The molecule has 0 radical (unpaired) electrons. The topological polar surface area (TPSA) is 6.48 Å². The second-order valence-corrected chi connectivity index (χ2v) is 17.0. The van der Waals surface area contributed by atoms with Gasteiger partial charge in [0.15, 0.2) is 0 Å². The fourth-order valence-corrected chi connectivity index (χ4v) is 10.2. The molecule has 2 heteroatoms. The van der Waals surface area contributed by atoms with Crippen molar-refractivity contribution in [2.24, 2.45) is 0 Å². The summed E-state index contributed by atoms with van der Waals surface area (Å²) in [4.78, 5) is 4.94. The predicted molar refractivity (Wildman–Crippen MR) is 276 cm³/mol. The molecule has 0 saturated carbocycles. The van der Waals surface area contributed by atoms with Crippen LogP contribution >= 0.6 is 0 Å². The Bertz CT molecular complexity index is 3650. The molecule has 0 saturated heterocycles. The molecule has 13 rings (SSSR count). The molecule has 0 aliphatic rings. The summed E-state index contributed by atoms with van der Waals surface area (Å²) in [5, 5.41) is 19.6. The molecule has 0 amide bonds. The third kappa shape index (κ3) is 5.95. The van der Waals surface area contributed by atoms with E-state index in [1.165, 1.54) is 86.2 Å². The molecule has 0 heterocycles. The smallest absolute Gasteiger partial charge is 0.0619 e. The van der Waals surface area contributed by atoms with E-state index in [1.807, 2.05) is 0 Å². The first-order valence-corrected chi connectivity index (χ1v) is 22.1. The highest BCUT2D eigenvalue weighted by Crippen LogP contribution is 2.51. The van der Waals surface area contributed by atoms with Crippen LogP contribution in [-0.4, -0.2) is 0 Å². The van der Waals surface area contributed by atoms with E-state index in [-0.39, 0.29) is 0 Å². The molecule has 0 spiro atoms. The molecular formula is C62H40N2. The van der Waals surface area contributed by atoms with E-state index in [1.54, 1.807) is 0 Å². The first-order valence-electron chi connectivity index (χ1n) is 22.1. The van der Waals surface area contributed by atoms with Crippen molar-refractivity contribution in [1.29, 1.82) is 0 Å². The van der Waals surface area contributed by atoms with E-state index >= 15 is 0 Å². The third-order valence-corrected chi connectivity index (χ3v) is 13.2. The minimum atomic E-state index is 1.10. The van der Waals surface area contributed by atoms with Crippen molar-refractivity contribution in [1.82, 2.24) is 0 Å². The summed E-state index contributed by atoms with van der Waals surface area (Å²) in [6, 6.07) is 89.4. The van der Waals surface area contributed by atoms with Gasteiger partial charge >= 0.3 is 0 Å². The Kier molecular flexibility index (Phi) is 8.25. The number of rotatable bonds is 6. The summed E-state index contributed by atoms with van der Waals surface area (Å²) in [6.45, 7) is 0. The Labute approximate surface area is 371 Å². The monoisotopic (exact) mass is 812 g/mol. The van der Waals surface area contributed by atoms with E-state index in [2.05, 4.69) is 252 Å². The van der Waals surface area contributed by atoms with Gasteiger partial charge in [-0.1, -0.05) is 146 Å². The fourth-order valence-electron chi connectivity index (χ4n) is 10.2. The van der Waals surface area contributed by atoms with Gasteiger partial charge in [0.05, 0.1) is 11.4 Å². The van der Waals surface area contributed by atoms with Crippen molar-refractivity contribution in [3.63, 3.8) is 0 Å². The predicted octanol–water partition coefficient (Wildman–Crippen LogP) is 17.9. The minimum absolute atomic E-state index is 1.10. The van der Waals surface area contributed by atoms with Crippen LogP contribution in [0.15, 0.2) is 243 Å². The first kappa shape index (κ1) is 36.2. The number of benzene rings is 13. The summed E-state index contributed by atoms with van der Waals surface area (Å²) >= 11 is 0. The van der Waals surface area contributed by atoms with E-state index in [9.17, 15) is 0 Å². The second kappa shape index (κ2) is 14.6. The van der Waals surface area contributed by atoms with Crippen LogP contribution < -0.4 is 9.80 Å². The lowest BCUT2D eigenvalue weighted by Gasteiger charge is -2.33. The fraction of sp³-hybridized carbons (Fsp3) is 0. The maximum Gasteiger partial charge on any atom is 0.0619 e. The van der Waals surface area contributed by atoms with Crippen LogP contribution in [0.5, 0.6) is 0 Å². The zero-order valence-corrected chi connectivity index (χ0v) is 35.0. The number of fused-ring (bicyclic) bond motifs is 8. The Morgan fingerprint density at radius 3 is 0.750 bits per heavy atom. The van der Waals surface area contributed by atoms with Gasteiger partial charge in [0.25, 0.3) is 0 Å². The molecule has 64 heavy (non-hydrogen) atoms. The molecule has 0 atom stereocenters. The van der Waals surface area contributed by atoms with Crippen LogP contribution in [0, 0.1) is 0 Å². The van der Waals surface area contributed by atoms with Gasteiger partial charge in [-0.3, -0.25) is 0 Å². The zero-order chi connectivity index (χ0) is 42.1. The van der Waals surface area contributed by atoms with Gasteiger partial charge in [-0.05, 0) is 162 Å². The largest absolute Gasteiger partial charge is 0.309 e. The molecule has 0 aliphatic heterocycles. The Morgan fingerprint density at radius 1 is 0.172 bits per heavy atom. The van der Waals surface area contributed by atoms with Crippen molar-refractivity contribution in [2.45, 2.75) is 0 Å². The molecule has 13 aromatic carbocycles. The van der Waals surface area contributed by atoms with E-state index in [0.717, 1.165) is 34.1 Å². The minimum Gasteiger partial charge on any atom is -0.309 e. The van der Waals surface area contributed by atoms with Crippen molar-refractivity contribution in [3.8, 4) is 0 Å². The molecule has 298 valence electrons. The Morgan fingerprint density at radius 2 is 0.422 bits per heavy atom. The summed E-state index contributed by atoms with van der Waals surface area (Å²) in [5.74, 6) is 0. The van der Waals surface area contributed by atoms with E-state index < -0.39 is 0 Å². The van der Waals surface area contributed by atoms with Gasteiger partial charge in [-0.25, -0.2) is 0 Å². The maximum atomic E-state index is 2.47. The third-order valence-electron chi connectivity index (χ3n) is 13.2. The van der Waals surface area contributed by atoms with Crippen molar-refractivity contribution >= 4 is 120 Å². The van der Waals surface area contributed by atoms with Crippen molar-refractivity contribution < 1.29 is 0 Å². The van der Waals surface area contributed by atoms with Gasteiger partial charge in [-0.15, -0.1) is 0 Å². The standard InChI is InChI=1S/C62H40N2/c1-3-19-53(20-4-1)63(55-29-27-45-35-47-31-41-15-7-9-17-43(41)33-49(47)37-51(45)39-55)61-57-23-11-13-25-59(57)62(60-26-14-12-24-58(60)61)64(54-21-5-2-6-22-54)56-30-28-46-36-48-32-42-16-8-10-18-44(42)34-50(48)38-52(46)40-56/h1-40H. The molecule has 0 N–H and O–H groups in total. The van der Waals surface area contributed by atoms with Gasteiger partial charge in [0.1, 0.15) is 0 Å². The van der Waals surface area contributed by atoms with Crippen LogP contribution in [0.25, 0.3) is 86.2 Å². The average Bonchev–Trinajstić information content (AvgIpc) is 3.35. The SMILES string of the molecule is c1ccc(N(c2ccc3cc4cc5ccccc5cc4cc3c2)c2c3ccccc3c(N(c3ccccc3)c3ccc4cc5cc6ccccc6cc5cc4c3)c3ccccc23)cc1. The highest BCUT2D eigenvalue weighted by atomic mass is 15.2. The maximum absolute atomic E-state index is 2.47. The summed E-state index contributed by atoms with van der Waals surface area (Å²) in [6.07, 6.45) is 0. The summed E-state index contributed by atoms with van der Waals surface area (Å²) < 4.78 is 0. The number of nitrogens with zero attached hydrogens (tertiary/aromatic N) is 2. The quantitative estimate of drug-likeness (QED) is 0.122. The molecule has 0 bridgehead atoms. The molecular weight excluding hydrogens is 773 g/mol. The van der Waals surface area contributed by atoms with Crippen LogP contribution in [0.1, 0.15) is 0 Å². The number of hydrogen-bond acceptors (Lipinski definition) is 2. The van der Waals surface area contributed by atoms with Crippen LogP contribution in [0.4, 0.5) is 34.1 Å². The molecule has 0 aromatic heterocycles. The lowest BCUT2D eigenvalue weighted by Crippen LogP contribution is -2.14. The Balaban J connectivity index is 1.05. The molecule has 2 nitrogen and oxygen atoms in total. The van der Waals surface area contributed by atoms with Gasteiger partial charge < -0.3 is 9.80 Å². The lowest BCUT2D eigenvalue weighted by atomic mass is 9.94. The van der Waals surface area contributed by atoms with Crippen molar-refractivity contribution in [2.75, 3.05) is 9.80 Å². The molecule has 0 aliphatic carbocycles. The lowest BCUT2D eigenvalue weighted by molar-refractivity contribution is 1.30. The molecule has 13 aromatic rings. The number of hydrogen-bond donors (Lipinski definition) is 0. The molecule has 0 fully saturated rings. The highest BCUT2D eigenvalue weighted by Gasteiger charge is 2.25. The molecule has 0 unspecified atom stereocenters. The van der Waals surface area contributed by atoms with Gasteiger partial charge in [0.2, 0.25) is 0 Å².